The molecule has 4 aliphatic heterocycles. The second-order valence-corrected chi connectivity index (χ2v) is 21.2. The van der Waals surface area contributed by atoms with Crippen LogP contribution in [0.3, 0.4) is 0 Å². The summed E-state index contributed by atoms with van der Waals surface area (Å²) in [6, 6.07) is 39.0. The van der Waals surface area contributed by atoms with Crippen molar-refractivity contribution in [2.24, 2.45) is 10.9 Å². The summed E-state index contributed by atoms with van der Waals surface area (Å²) in [5.74, 6) is 1.84. The molecule has 5 heterocycles. The number of aromatic nitrogens is 1. The van der Waals surface area contributed by atoms with Gasteiger partial charge >= 0.3 is 6.03 Å². The number of anilines is 2. The van der Waals surface area contributed by atoms with Crippen molar-refractivity contribution in [3.63, 3.8) is 0 Å². The maximum absolute atomic E-state index is 15.2. The summed E-state index contributed by atoms with van der Waals surface area (Å²) < 4.78 is 11.9. The number of fused-ring (bicyclic) bond motifs is 3. The van der Waals surface area contributed by atoms with Crippen LogP contribution in [-0.2, 0) is 11.3 Å². The van der Waals surface area contributed by atoms with E-state index in [1.54, 1.807) is 16.9 Å². The Labute approximate surface area is 450 Å². The molecule has 390 valence electrons. The van der Waals surface area contributed by atoms with Gasteiger partial charge in [0.05, 0.1) is 37.5 Å². The molecule has 13 nitrogen and oxygen atoms in total. The summed E-state index contributed by atoms with van der Waals surface area (Å²) in [6.07, 6.45) is 8.47. The molecule has 10 rings (SSSR count). The van der Waals surface area contributed by atoms with E-state index in [1.165, 1.54) is 16.7 Å². The molecule has 0 saturated carbocycles. The quantitative estimate of drug-likeness (QED) is 0.0719. The molecule has 0 aliphatic carbocycles. The van der Waals surface area contributed by atoms with Gasteiger partial charge in [-0.3, -0.25) is 24.6 Å². The van der Waals surface area contributed by atoms with E-state index in [2.05, 4.69) is 75.1 Å². The van der Waals surface area contributed by atoms with Gasteiger partial charge in [-0.25, -0.2) is 4.79 Å². The lowest BCUT2D eigenvalue weighted by Gasteiger charge is -2.39. The molecular formula is C60H66Cl2N8O5. The number of amidine groups is 1. The van der Waals surface area contributed by atoms with Crippen molar-refractivity contribution in [2.75, 3.05) is 63.6 Å². The van der Waals surface area contributed by atoms with E-state index in [9.17, 15) is 9.90 Å². The van der Waals surface area contributed by atoms with Crippen LogP contribution in [0.4, 0.5) is 16.2 Å². The number of aliphatic hydroxyl groups is 1. The molecular weight excluding hydrogens is 984 g/mol. The maximum Gasteiger partial charge on any atom is 0.326 e. The van der Waals surface area contributed by atoms with Crippen LogP contribution in [0, 0.1) is 5.92 Å². The van der Waals surface area contributed by atoms with E-state index in [0.717, 1.165) is 79.8 Å². The van der Waals surface area contributed by atoms with Crippen LogP contribution in [-0.4, -0.2) is 113 Å². The third-order valence-electron chi connectivity index (χ3n) is 15.1. The molecule has 5 atom stereocenters. The van der Waals surface area contributed by atoms with Gasteiger partial charge in [0.2, 0.25) is 5.91 Å². The minimum absolute atomic E-state index is 0.0308. The number of aliphatic hydroxyl groups excluding tert-OH is 1. The number of aliphatic imine (C=N–C) groups is 1. The smallest absolute Gasteiger partial charge is 0.326 e. The van der Waals surface area contributed by atoms with Gasteiger partial charge in [0.25, 0.3) is 0 Å². The molecule has 75 heavy (non-hydrogen) atoms. The number of pyridine rings is 1. The molecule has 6 aromatic rings. The zero-order valence-electron chi connectivity index (χ0n) is 42.9. The standard InChI is InChI=1S/C60H66Cl2N8O5/c1-39(2)75-54-35-48(74-3)20-21-50(54)59-66-56(41-11-16-45(61)17-12-41)57(42-13-18-46(62)19-14-42)70(59)60(73)69-32-31-67(55(72)37-69)29-7-5-4-6-26-64-47-10-8-9-43(33-47)44-15-22-52-51(34-44)58-49(53(38-71)65-52)25-30-68(58)36-40-23-27-63-28-24-40/h8-24,27-28,33-35,39,49,53,56-58,64-65,71H,4-7,25-26,29-32,36-38H2,1-3H3/t49-,53-,56-,57+,58-/m1/s1. The highest BCUT2D eigenvalue weighted by atomic mass is 35.5. The summed E-state index contributed by atoms with van der Waals surface area (Å²) in [6.45, 7) is 8.11. The number of ether oxygens (including phenoxy) is 2. The molecule has 0 radical (unpaired) electrons. The monoisotopic (exact) mass is 1050 g/mol. The Bertz CT molecular complexity index is 2980. The second kappa shape index (κ2) is 23.5. The van der Waals surface area contributed by atoms with Crippen molar-refractivity contribution in [1.29, 1.82) is 0 Å². The van der Waals surface area contributed by atoms with Crippen molar-refractivity contribution in [3.8, 4) is 22.6 Å². The van der Waals surface area contributed by atoms with Gasteiger partial charge in [-0.05, 0) is 146 Å². The molecule has 15 heteroatoms. The first-order valence-electron chi connectivity index (χ1n) is 26.3. The zero-order valence-corrected chi connectivity index (χ0v) is 44.4. The van der Waals surface area contributed by atoms with E-state index >= 15 is 4.79 Å². The Kier molecular flexibility index (Phi) is 16.2. The number of urea groups is 1. The molecule has 4 aliphatic rings. The lowest BCUT2D eigenvalue weighted by molar-refractivity contribution is -0.135. The summed E-state index contributed by atoms with van der Waals surface area (Å²) in [5.41, 5.74) is 9.41. The number of amides is 3. The molecule has 2 fully saturated rings. The third-order valence-corrected chi connectivity index (χ3v) is 15.6. The van der Waals surface area contributed by atoms with Gasteiger partial charge in [0.15, 0.2) is 0 Å². The molecule has 0 spiro atoms. The highest BCUT2D eigenvalue weighted by molar-refractivity contribution is 6.30. The molecule has 3 N–H and O–H groups in total. The van der Waals surface area contributed by atoms with Crippen LogP contribution in [0.15, 0.2) is 139 Å². The van der Waals surface area contributed by atoms with Crippen molar-refractivity contribution in [2.45, 2.75) is 82.8 Å². The number of methoxy groups -OCH3 is 1. The first-order chi connectivity index (χ1) is 36.5. The Morgan fingerprint density at radius 1 is 0.827 bits per heavy atom. The molecule has 3 amide bonds. The summed E-state index contributed by atoms with van der Waals surface area (Å²) in [4.78, 5) is 46.4. The number of benzene rings is 5. The molecule has 0 unspecified atom stereocenters. The predicted octanol–water partition coefficient (Wildman–Crippen LogP) is 11.7. The van der Waals surface area contributed by atoms with E-state index in [1.807, 2.05) is 97.9 Å². The van der Waals surface area contributed by atoms with Gasteiger partial charge in [-0.1, -0.05) is 78.5 Å². The van der Waals surface area contributed by atoms with Gasteiger partial charge in [0.1, 0.15) is 29.9 Å². The fourth-order valence-electron chi connectivity index (χ4n) is 11.3. The number of nitrogens with zero attached hydrogens (tertiary/aromatic N) is 6. The van der Waals surface area contributed by atoms with Crippen molar-refractivity contribution < 1.29 is 24.2 Å². The number of likely N-dealkylation sites (tertiary alicyclic amines) is 1. The molecule has 2 saturated heterocycles. The highest BCUT2D eigenvalue weighted by Crippen LogP contribution is 2.49. The molecule has 5 aromatic carbocycles. The number of nitrogens with one attached hydrogen (secondary N) is 2. The van der Waals surface area contributed by atoms with E-state index in [-0.39, 0.29) is 43.3 Å². The average Bonchev–Trinajstić information content (AvgIpc) is 4.04. The van der Waals surface area contributed by atoms with Gasteiger partial charge in [-0.2, -0.15) is 0 Å². The summed E-state index contributed by atoms with van der Waals surface area (Å²) in [5, 5.41) is 18.8. The Balaban J connectivity index is 0.753. The van der Waals surface area contributed by atoms with Gasteiger partial charge in [0, 0.05) is 84.6 Å². The fourth-order valence-corrected chi connectivity index (χ4v) is 11.6. The zero-order chi connectivity index (χ0) is 52.0. The number of unbranched alkanes of at least 4 members (excludes halogenated alkanes) is 3. The highest BCUT2D eigenvalue weighted by Gasteiger charge is 2.46. The molecule has 0 bridgehead atoms. The summed E-state index contributed by atoms with van der Waals surface area (Å²) in [7, 11) is 1.60. The van der Waals surface area contributed by atoms with E-state index < -0.39 is 12.1 Å². The Hall–Kier alpha value is -6.64. The molecule has 1 aromatic heterocycles. The van der Waals surface area contributed by atoms with Gasteiger partial charge in [-0.15, -0.1) is 0 Å². The van der Waals surface area contributed by atoms with Gasteiger partial charge < -0.3 is 35.0 Å². The Morgan fingerprint density at radius 3 is 2.31 bits per heavy atom. The lowest BCUT2D eigenvalue weighted by atomic mass is 9.82. The van der Waals surface area contributed by atoms with Crippen LogP contribution in [0.2, 0.25) is 10.0 Å². The first-order valence-corrected chi connectivity index (χ1v) is 27.1. The van der Waals surface area contributed by atoms with Crippen LogP contribution in [0.5, 0.6) is 11.5 Å². The third kappa shape index (κ3) is 11.6. The average molecular weight is 1050 g/mol. The minimum Gasteiger partial charge on any atom is -0.497 e. The van der Waals surface area contributed by atoms with Crippen LogP contribution >= 0.6 is 23.2 Å². The largest absolute Gasteiger partial charge is 0.497 e. The number of halogens is 2. The van der Waals surface area contributed by atoms with Crippen molar-refractivity contribution >= 4 is 52.4 Å². The second-order valence-electron chi connectivity index (χ2n) is 20.3. The topological polar surface area (TPSA) is 135 Å². The van der Waals surface area contributed by atoms with Crippen molar-refractivity contribution in [1.82, 2.24) is 24.6 Å². The number of rotatable bonds is 18. The number of hydrogen-bond donors (Lipinski definition) is 3. The summed E-state index contributed by atoms with van der Waals surface area (Å²) >= 11 is 12.8. The van der Waals surface area contributed by atoms with Crippen LogP contribution in [0.1, 0.15) is 91.9 Å². The maximum atomic E-state index is 15.2. The number of carbonyl (C=O) groups excluding carboxylic acids is 2. The van der Waals surface area contributed by atoms with E-state index in [0.29, 0.717) is 58.5 Å². The fraction of sp³-hybridized carbons (Fsp3) is 0.367. The van der Waals surface area contributed by atoms with Crippen LogP contribution in [0.25, 0.3) is 11.1 Å². The lowest BCUT2D eigenvalue weighted by Crippen LogP contribution is -2.56. The predicted molar refractivity (Wildman–Crippen MR) is 298 cm³/mol. The van der Waals surface area contributed by atoms with Crippen LogP contribution < -0.4 is 20.1 Å². The van der Waals surface area contributed by atoms with E-state index in [4.69, 9.17) is 37.7 Å². The first kappa shape index (κ1) is 51.8. The van der Waals surface area contributed by atoms with Crippen molar-refractivity contribution in [3.05, 3.63) is 172 Å². The number of hydrogen-bond acceptors (Lipinski definition) is 10. The Morgan fingerprint density at radius 2 is 1.57 bits per heavy atom. The number of piperazine rings is 1. The number of carbonyl (C=O) groups is 2. The normalized spacial score (nSPS) is 20.4. The minimum atomic E-state index is -0.573. The SMILES string of the molecule is COc1ccc(C2=N[C@H](c3ccc(Cl)cc3)[C@H](c3ccc(Cl)cc3)N2C(=O)N2CCN(CCCCCCNc3cccc(-c4ccc5c(c4)[C@H]4[C@H](CCN4Cc4ccncc4)[C@@H](CO)N5)c3)C(=O)C2)c(OC(C)C)c1.